The van der Waals surface area contributed by atoms with Crippen LogP contribution in [0.5, 0.6) is 5.75 Å². The van der Waals surface area contributed by atoms with Gasteiger partial charge in [0.2, 0.25) is 5.91 Å². The summed E-state index contributed by atoms with van der Waals surface area (Å²) in [6.45, 7) is 2.38. The van der Waals surface area contributed by atoms with E-state index in [0.29, 0.717) is 0 Å². The summed E-state index contributed by atoms with van der Waals surface area (Å²) in [6, 6.07) is 16.3. The van der Waals surface area contributed by atoms with E-state index in [0.717, 1.165) is 35.5 Å². The number of carbonyl (C=O) groups excluding carboxylic acids is 1. The maximum absolute atomic E-state index is 12.2. The summed E-state index contributed by atoms with van der Waals surface area (Å²) in [5, 5.41) is 1.26. The summed E-state index contributed by atoms with van der Waals surface area (Å²) in [4.78, 5) is 17.7. The van der Waals surface area contributed by atoms with Gasteiger partial charge in [-0.2, -0.15) is 0 Å². The van der Waals surface area contributed by atoms with Crippen LogP contribution in [-0.2, 0) is 11.2 Å². The Balaban J connectivity index is 1.89. The number of nitrogens with one attached hydrogen (secondary N) is 1. The minimum atomic E-state index is -0.0791. The van der Waals surface area contributed by atoms with E-state index in [-0.39, 0.29) is 11.9 Å². The number of benzene rings is 2. The van der Waals surface area contributed by atoms with Crippen molar-refractivity contribution >= 4 is 16.8 Å². The number of ether oxygens (including phenoxy) is 1. The highest BCUT2D eigenvalue weighted by Gasteiger charge is 2.32. The van der Waals surface area contributed by atoms with Crippen LogP contribution in [0.2, 0.25) is 0 Å². The van der Waals surface area contributed by atoms with Crippen molar-refractivity contribution in [2.24, 2.45) is 0 Å². The largest absolute Gasteiger partial charge is 0.497 e. The zero-order valence-corrected chi connectivity index (χ0v) is 13.9. The summed E-state index contributed by atoms with van der Waals surface area (Å²) in [5.41, 5.74) is 4.68. The zero-order valence-electron chi connectivity index (χ0n) is 13.9. The molecule has 2 heterocycles. The van der Waals surface area contributed by atoms with Crippen molar-refractivity contribution in [3.05, 3.63) is 65.4 Å². The van der Waals surface area contributed by atoms with E-state index in [4.69, 9.17) is 4.74 Å². The molecule has 1 amide bonds. The molecule has 0 aliphatic carbocycles. The van der Waals surface area contributed by atoms with Gasteiger partial charge in [0.15, 0.2) is 0 Å². The van der Waals surface area contributed by atoms with Gasteiger partial charge in [0, 0.05) is 30.1 Å². The van der Waals surface area contributed by atoms with E-state index in [9.17, 15) is 4.79 Å². The van der Waals surface area contributed by atoms with Crippen molar-refractivity contribution in [1.29, 1.82) is 0 Å². The highest BCUT2D eigenvalue weighted by Crippen LogP contribution is 2.38. The number of aromatic nitrogens is 1. The lowest BCUT2D eigenvalue weighted by Gasteiger charge is -2.35. The minimum absolute atomic E-state index is 0.0791. The van der Waals surface area contributed by atoms with Gasteiger partial charge in [0.25, 0.3) is 0 Å². The number of aromatic amines is 1. The fourth-order valence-electron chi connectivity index (χ4n) is 3.71. The third-order valence-electron chi connectivity index (χ3n) is 4.87. The van der Waals surface area contributed by atoms with Crippen LogP contribution >= 0.6 is 0 Å². The number of hydrogen-bond donors (Lipinski definition) is 1. The van der Waals surface area contributed by atoms with Gasteiger partial charge in [0.05, 0.1) is 13.2 Å². The monoisotopic (exact) mass is 320 g/mol. The highest BCUT2D eigenvalue weighted by molar-refractivity contribution is 5.86. The van der Waals surface area contributed by atoms with Crippen LogP contribution < -0.4 is 4.74 Å². The summed E-state index contributed by atoms with van der Waals surface area (Å²) >= 11 is 0. The predicted octanol–water partition coefficient (Wildman–Crippen LogP) is 3.67. The molecular weight excluding hydrogens is 300 g/mol. The number of fused-ring (bicyclic) bond motifs is 3. The Morgan fingerprint density at radius 1 is 1.17 bits per heavy atom. The minimum Gasteiger partial charge on any atom is -0.497 e. The molecule has 2 aromatic carbocycles. The third kappa shape index (κ3) is 2.26. The normalized spacial score (nSPS) is 16.9. The van der Waals surface area contributed by atoms with Gasteiger partial charge in [-0.15, -0.1) is 0 Å². The van der Waals surface area contributed by atoms with Crippen LogP contribution in [0.1, 0.15) is 29.8 Å². The molecule has 0 fully saturated rings. The summed E-state index contributed by atoms with van der Waals surface area (Å²) in [7, 11) is 1.66. The molecule has 1 atom stereocenters. The third-order valence-corrected chi connectivity index (χ3v) is 4.87. The van der Waals surface area contributed by atoms with Crippen molar-refractivity contribution in [3.63, 3.8) is 0 Å². The van der Waals surface area contributed by atoms with Crippen LogP contribution in [0.4, 0.5) is 0 Å². The first-order valence-electron chi connectivity index (χ1n) is 8.19. The Bertz CT molecular complexity index is 896. The Labute approximate surface area is 141 Å². The quantitative estimate of drug-likeness (QED) is 0.783. The first-order chi connectivity index (χ1) is 11.7. The SMILES string of the molecule is COc1ccc(C2c3[nH]c4ccccc4c3CCN2C(C)=O)cc1. The number of para-hydroxylation sites is 1. The van der Waals surface area contributed by atoms with Crippen LogP contribution in [0, 0.1) is 0 Å². The van der Waals surface area contributed by atoms with Crippen molar-refractivity contribution in [2.45, 2.75) is 19.4 Å². The lowest BCUT2D eigenvalue weighted by Crippen LogP contribution is -2.39. The maximum atomic E-state index is 12.2. The fraction of sp³-hybridized carbons (Fsp3) is 0.250. The molecule has 1 unspecified atom stereocenters. The van der Waals surface area contributed by atoms with Gasteiger partial charge < -0.3 is 14.6 Å². The summed E-state index contributed by atoms with van der Waals surface area (Å²) < 4.78 is 5.26. The molecule has 0 bridgehead atoms. The number of carbonyl (C=O) groups is 1. The number of H-pyrrole nitrogens is 1. The number of methoxy groups -OCH3 is 1. The Morgan fingerprint density at radius 3 is 2.62 bits per heavy atom. The average Bonchev–Trinajstić information content (AvgIpc) is 2.99. The molecule has 0 radical (unpaired) electrons. The van der Waals surface area contributed by atoms with Gasteiger partial charge in [0.1, 0.15) is 5.75 Å². The molecular formula is C20H20N2O2. The first kappa shape index (κ1) is 14.8. The maximum Gasteiger partial charge on any atom is 0.220 e. The van der Waals surface area contributed by atoms with Gasteiger partial charge in [-0.05, 0) is 35.7 Å². The van der Waals surface area contributed by atoms with Crippen molar-refractivity contribution in [2.75, 3.05) is 13.7 Å². The lowest BCUT2D eigenvalue weighted by molar-refractivity contribution is -0.130. The standard InChI is InChI=1S/C20H20N2O2/c1-13(23)22-12-11-17-16-5-3-4-6-18(16)21-19(17)20(22)14-7-9-15(24-2)10-8-14/h3-10,20-21H,11-12H2,1-2H3. The van der Waals surface area contributed by atoms with Crippen molar-refractivity contribution in [3.8, 4) is 5.75 Å². The molecule has 0 saturated carbocycles. The molecule has 1 N–H and O–H groups in total. The number of nitrogens with zero attached hydrogens (tertiary/aromatic N) is 1. The Kier molecular flexibility index (Phi) is 3.53. The highest BCUT2D eigenvalue weighted by atomic mass is 16.5. The number of rotatable bonds is 2. The van der Waals surface area contributed by atoms with Crippen molar-refractivity contribution < 1.29 is 9.53 Å². The van der Waals surface area contributed by atoms with Crippen LogP contribution in [0.3, 0.4) is 0 Å². The van der Waals surface area contributed by atoms with E-state index < -0.39 is 0 Å². The van der Waals surface area contributed by atoms with Gasteiger partial charge in [-0.3, -0.25) is 4.79 Å². The van der Waals surface area contributed by atoms with Gasteiger partial charge in [-0.25, -0.2) is 0 Å². The molecule has 1 aliphatic heterocycles. The number of hydrogen-bond acceptors (Lipinski definition) is 2. The Hall–Kier alpha value is -2.75. The summed E-state index contributed by atoms with van der Waals surface area (Å²) in [5.74, 6) is 0.918. The molecule has 0 spiro atoms. The molecule has 1 aliphatic rings. The smallest absolute Gasteiger partial charge is 0.220 e. The molecule has 3 aromatic rings. The fourth-order valence-corrected chi connectivity index (χ4v) is 3.71. The van der Waals surface area contributed by atoms with E-state index in [2.05, 4.69) is 23.2 Å². The van der Waals surface area contributed by atoms with Crippen LogP contribution in [0.25, 0.3) is 10.9 Å². The topological polar surface area (TPSA) is 45.3 Å². The van der Waals surface area contributed by atoms with Gasteiger partial charge in [-0.1, -0.05) is 30.3 Å². The number of amides is 1. The Morgan fingerprint density at radius 2 is 1.92 bits per heavy atom. The molecule has 1 aromatic heterocycles. The molecule has 4 rings (SSSR count). The summed E-state index contributed by atoms with van der Waals surface area (Å²) in [6.07, 6.45) is 0.881. The second-order valence-electron chi connectivity index (χ2n) is 6.20. The van der Waals surface area contributed by atoms with Crippen LogP contribution in [0.15, 0.2) is 48.5 Å². The van der Waals surface area contributed by atoms with E-state index >= 15 is 0 Å². The van der Waals surface area contributed by atoms with Gasteiger partial charge >= 0.3 is 0 Å². The zero-order chi connectivity index (χ0) is 16.7. The second-order valence-corrected chi connectivity index (χ2v) is 6.20. The van der Waals surface area contributed by atoms with Crippen molar-refractivity contribution in [1.82, 2.24) is 9.88 Å². The first-order valence-corrected chi connectivity index (χ1v) is 8.19. The second kappa shape index (κ2) is 5.71. The predicted molar refractivity (Wildman–Crippen MR) is 94.2 cm³/mol. The van der Waals surface area contributed by atoms with E-state index in [1.54, 1.807) is 14.0 Å². The average molecular weight is 320 g/mol. The van der Waals surface area contributed by atoms with E-state index in [1.807, 2.05) is 35.2 Å². The van der Waals surface area contributed by atoms with E-state index in [1.165, 1.54) is 10.9 Å². The molecule has 4 nitrogen and oxygen atoms in total. The molecule has 0 saturated heterocycles. The molecule has 122 valence electrons. The van der Waals surface area contributed by atoms with Crippen LogP contribution in [-0.4, -0.2) is 29.4 Å². The molecule has 4 heteroatoms. The lowest BCUT2D eigenvalue weighted by atomic mass is 9.92. The molecule has 24 heavy (non-hydrogen) atoms.